The number of nitrogens with one attached hydrogen (secondary N) is 1. The van der Waals surface area contributed by atoms with Crippen molar-refractivity contribution in [2.24, 2.45) is 0 Å². The quantitative estimate of drug-likeness (QED) is 0.812. The molecule has 1 N–H and O–H groups in total. The van der Waals surface area contributed by atoms with Crippen molar-refractivity contribution >= 4 is 6.09 Å². The van der Waals surface area contributed by atoms with Crippen LogP contribution in [0.1, 0.15) is 39.7 Å². The molecule has 1 aliphatic heterocycles. The van der Waals surface area contributed by atoms with Crippen molar-refractivity contribution in [2.75, 3.05) is 20.1 Å². The van der Waals surface area contributed by atoms with Crippen LogP contribution in [0.25, 0.3) is 0 Å². The molecule has 0 spiro atoms. The molecule has 2 rings (SSSR count). The smallest absolute Gasteiger partial charge is 0.407 e. The van der Waals surface area contributed by atoms with Gasteiger partial charge in [0.05, 0.1) is 0 Å². The van der Waals surface area contributed by atoms with Gasteiger partial charge < -0.3 is 14.8 Å². The van der Waals surface area contributed by atoms with Crippen LogP contribution in [0.3, 0.4) is 0 Å². The van der Waals surface area contributed by atoms with Gasteiger partial charge in [-0.15, -0.1) is 0 Å². The normalized spacial score (nSPS) is 18.0. The van der Waals surface area contributed by atoms with Gasteiger partial charge in [-0.3, -0.25) is 4.90 Å². The highest BCUT2D eigenvalue weighted by Crippen LogP contribution is 2.30. The highest BCUT2D eigenvalue weighted by Gasteiger charge is 2.29. The Morgan fingerprint density at radius 1 is 1.42 bits per heavy atom. The van der Waals surface area contributed by atoms with Gasteiger partial charge in [0.2, 0.25) is 0 Å². The number of rotatable bonds is 6. The molecule has 0 aliphatic carbocycles. The van der Waals surface area contributed by atoms with Crippen molar-refractivity contribution in [3.05, 3.63) is 29.8 Å². The number of amides is 1. The predicted octanol–water partition coefficient (Wildman–Crippen LogP) is 3.23. The Kier molecular flexibility index (Phi) is 6.10. The molecule has 0 unspecified atom stereocenters. The molecule has 0 fully saturated rings. The largest absolute Gasteiger partial charge is 0.488 e. The van der Waals surface area contributed by atoms with Crippen molar-refractivity contribution in [3.63, 3.8) is 0 Å². The number of ether oxygens (including phenoxy) is 2. The maximum absolute atomic E-state index is 11.6. The summed E-state index contributed by atoms with van der Waals surface area (Å²) in [7, 11) is 2.10. The summed E-state index contributed by atoms with van der Waals surface area (Å²) >= 11 is 0. The molecule has 1 amide bonds. The summed E-state index contributed by atoms with van der Waals surface area (Å²) in [5, 5.41) is 2.80. The number of carbonyl (C=O) groups is 1. The number of hydrogen-bond donors (Lipinski definition) is 1. The minimum Gasteiger partial charge on any atom is -0.488 e. The Morgan fingerprint density at radius 2 is 2.12 bits per heavy atom. The minimum absolute atomic E-state index is 0.186. The summed E-state index contributed by atoms with van der Waals surface area (Å²) in [4.78, 5) is 13.9. The number of nitrogens with zero attached hydrogens (tertiary/aromatic N) is 1. The van der Waals surface area contributed by atoms with Crippen molar-refractivity contribution in [1.82, 2.24) is 10.2 Å². The van der Waals surface area contributed by atoms with E-state index in [9.17, 15) is 4.79 Å². The van der Waals surface area contributed by atoms with Crippen LogP contribution in [0.2, 0.25) is 0 Å². The molecule has 134 valence electrons. The third-order valence-corrected chi connectivity index (χ3v) is 4.26. The second-order valence-corrected chi connectivity index (χ2v) is 7.47. The standard InChI is InChI=1S/C19H30N2O3/c1-14(17-13-15-9-6-7-10-16(15)23-17)21(5)12-8-11-20-18(22)24-19(2,3)4/h6-7,9-10,14,17H,8,11-13H2,1-5H3,(H,20,22)/t14-,17-/m0/s1. The van der Waals surface area contributed by atoms with Crippen LogP contribution in [0, 0.1) is 0 Å². The SMILES string of the molecule is C[C@@H]([C@@H]1Cc2ccccc2O1)N(C)CCCNC(=O)OC(C)(C)C. The Morgan fingerprint density at radius 3 is 2.79 bits per heavy atom. The van der Waals surface area contributed by atoms with Crippen LogP contribution in [-0.2, 0) is 11.2 Å². The maximum Gasteiger partial charge on any atom is 0.407 e. The molecule has 2 atom stereocenters. The summed E-state index contributed by atoms with van der Waals surface area (Å²) in [6.45, 7) is 9.29. The van der Waals surface area contributed by atoms with Crippen molar-refractivity contribution in [1.29, 1.82) is 0 Å². The van der Waals surface area contributed by atoms with Gasteiger partial charge in [-0.1, -0.05) is 18.2 Å². The lowest BCUT2D eigenvalue weighted by Gasteiger charge is -2.29. The van der Waals surface area contributed by atoms with Crippen LogP contribution >= 0.6 is 0 Å². The van der Waals surface area contributed by atoms with E-state index in [4.69, 9.17) is 9.47 Å². The summed E-state index contributed by atoms with van der Waals surface area (Å²) in [5.74, 6) is 1.01. The highest BCUT2D eigenvalue weighted by molar-refractivity contribution is 5.67. The van der Waals surface area contributed by atoms with Crippen molar-refractivity contribution in [3.8, 4) is 5.75 Å². The molecule has 5 heteroatoms. The van der Waals surface area contributed by atoms with Crippen molar-refractivity contribution in [2.45, 2.75) is 58.3 Å². The monoisotopic (exact) mass is 334 g/mol. The predicted molar refractivity (Wildman–Crippen MR) is 95.5 cm³/mol. The minimum atomic E-state index is -0.454. The summed E-state index contributed by atoms with van der Waals surface area (Å²) in [6, 6.07) is 8.55. The zero-order chi connectivity index (χ0) is 17.7. The van der Waals surface area contributed by atoms with Gasteiger partial charge in [-0.25, -0.2) is 4.79 Å². The highest BCUT2D eigenvalue weighted by atomic mass is 16.6. The number of para-hydroxylation sites is 1. The van der Waals surface area contributed by atoms with E-state index in [2.05, 4.69) is 36.3 Å². The Labute approximate surface area is 145 Å². The first-order valence-electron chi connectivity index (χ1n) is 8.68. The molecule has 0 saturated carbocycles. The number of likely N-dealkylation sites (N-methyl/N-ethyl adjacent to an activating group) is 1. The number of carbonyl (C=O) groups excluding carboxylic acids is 1. The first-order chi connectivity index (χ1) is 11.3. The molecule has 0 bridgehead atoms. The Bertz CT molecular complexity index is 529. The van der Waals surface area contributed by atoms with Gasteiger partial charge in [-0.05, 0) is 59.3 Å². The third-order valence-electron chi connectivity index (χ3n) is 4.26. The maximum atomic E-state index is 11.6. The third kappa shape index (κ3) is 5.41. The molecule has 1 aromatic carbocycles. The molecule has 1 heterocycles. The molecule has 1 aromatic rings. The molecular formula is C19H30N2O3. The molecule has 0 radical (unpaired) electrons. The summed E-state index contributed by atoms with van der Waals surface area (Å²) < 4.78 is 11.3. The Balaban J connectivity index is 1.68. The Hall–Kier alpha value is -1.75. The van der Waals surface area contributed by atoms with E-state index >= 15 is 0 Å². The fourth-order valence-electron chi connectivity index (χ4n) is 2.80. The average Bonchev–Trinajstić information content (AvgIpc) is 2.92. The summed E-state index contributed by atoms with van der Waals surface area (Å²) in [6.07, 6.45) is 1.66. The molecule has 0 saturated heterocycles. The van der Waals surface area contributed by atoms with E-state index < -0.39 is 5.60 Å². The van der Waals surface area contributed by atoms with Crippen LogP contribution in [-0.4, -0.2) is 48.9 Å². The number of fused-ring (bicyclic) bond motifs is 1. The zero-order valence-electron chi connectivity index (χ0n) is 15.5. The van der Waals surface area contributed by atoms with E-state index in [0.29, 0.717) is 12.6 Å². The number of alkyl carbamates (subject to hydrolysis) is 1. The van der Waals surface area contributed by atoms with Crippen molar-refractivity contribution < 1.29 is 14.3 Å². The molecule has 1 aliphatic rings. The van der Waals surface area contributed by atoms with E-state index in [1.165, 1.54) is 5.56 Å². The second-order valence-electron chi connectivity index (χ2n) is 7.47. The van der Waals surface area contributed by atoms with Crippen LogP contribution in [0.4, 0.5) is 4.79 Å². The average molecular weight is 334 g/mol. The van der Waals surface area contributed by atoms with E-state index in [1.807, 2.05) is 32.9 Å². The summed E-state index contributed by atoms with van der Waals surface area (Å²) in [5.41, 5.74) is 0.832. The lowest BCUT2D eigenvalue weighted by Crippen LogP contribution is -2.42. The first-order valence-corrected chi connectivity index (χ1v) is 8.68. The van der Waals surface area contributed by atoms with E-state index in [-0.39, 0.29) is 12.2 Å². The van der Waals surface area contributed by atoms with Gasteiger partial charge in [0.1, 0.15) is 17.5 Å². The van der Waals surface area contributed by atoms with Gasteiger partial charge in [0.25, 0.3) is 0 Å². The van der Waals surface area contributed by atoms with Gasteiger partial charge in [0.15, 0.2) is 0 Å². The first kappa shape index (κ1) is 18.6. The van der Waals surface area contributed by atoms with Crippen LogP contribution in [0.5, 0.6) is 5.75 Å². The lowest BCUT2D eigenvalue weighted by atomic mass is 10.0. The zero-order valence-corrected chi connectivity index (χ0v) is 15.5. The van der Waals surface area contributed by atoms with E-state index in [1.54, 1.807) is 0 Å². The van der Waals surface area contributed by atoms with Gasteiger partial charge in [-0.2, -0.15) is 0 Å². The van der Waals surface area contributed by atoms with E-state index in [0.717, 1.165) is 25.1 Å². The fourth-order valence-corrected chi connectivity index (χ4v) is 2.80. The van der Waals surface area contributed by atoms with Crippen LogP contribution < -0.4 is 10.1 Å². The number of benzene rings is 1. The fraction of sp³-hybridized carbons (Fsp3) is 0.632. The molecule has 5 nitrogen and oxygen atoms in total. The van der Waals surface area contributed by atoms with Crippen LogP contribution in [0.15, 0.2) is 24.3 Å². The topological polar surface area (TPSA) is 50.8 Å². The number of hydrogen-bond acceptors (Lipinski definition) is 4. The molecule has 24 heavy (non-hydrogen) atoms. The van der Waals surface area contributed by atoms with Gasteiger partial charge in [0, 0.05) is 19.0 Å². The molecular weight excluding hydrogens is 304 g/mol. The van der Waals surface area contributed by atoms with Gasteiger partial charge >= 0.3 is 6.09 Å². The second kappa shape index (κ2) is 7.88. The molecule has 0 aromatic heterocycles. The lowest BCUT2D eigenvalue weighted by molar-refractivity contribution is 0.0523.